The van der Waals surface area contributed by atoms with Crippen LogP contribution < -0.4 is 11.4 Å². The predicted molar refractivity (Wildman–Crippen MR) is 92.0 cm³/mol. The van der Waals surface area contributed by atoms with Crippen molar-refractivity contribution in [2.75, 3.05) is 0 Å². The van der Waals surface area contributed by atoms with Gasteiger partial charge < -0.3 is 10.7 Å². The molecule has 0 spiro atoms. The SMILES string of the molecule is NC(=O)c1nc(-c2ccncc2)nc2c1[nH]c(=O)n2C1CCCCC1. The summed E-state index contributed by atoms with van der Waals surface area (Å²) in [6.45, 7) is 0. The number of fused-ring (bicyclic) bond motifs is 1. The van der Waals surface area contributed by atoms with Crippen molar-refractivity contribution in [3.05, 3.63) is 40.7 Å². The Labute approximate surface area is 143 Å². The molecule has 3 aromatic rings. The summed E-state index contributed by atoms with van der Waals surface area (Å²) in [6, 6.07) is 3.58. The molecule has 0 aromatic carbocycles. The van der Waals surface area contributed by atoms with Crippen molar-refractivity contribution in [1.29, 1.82) is 0 Å². The van der Waals surface area contributed by atoms with Crippen LogP contribution in [0.2, 0.25) is 0 Å². The molecule has 1 amide bonds. The highest BCUT2D eigenvalue weighted by Crippen LogP contribution is 2.30. The predicted octanol–water partition coefficient (Wildman–Crippen LogP) is 1.79. The van der Waals surface area contributed by atoms with Crippen molar-refractivity contribution in [3.8, 4) is 11.4 Å². The molecule has 0 bridgehead atoms. The molecule has 0 unspecified atom stereocenters. The van der Waals surface area contributed by atoms with Crippen molar-refractivity contribution >= 4 is 17.1 Å². The maximum atomic E-state index is 12.5. The van der Waals surface area contributed by atoms with Crippen LogP contribution in [0, 0.1) is 0 Å². The largest absolute Gasteiger partial charge is 0.364 e. The summed E-state index contributed by atoms with van der Waals surface area (Å²) in [5, 5.41) is 0. The normalized spacial score (nSPS) is 15.5. The summed E-state index contributed by atoms with van der Waals surface area (Å²) in [7, 11) is 0. The number of nitrogens with one attached hydrogen (secondary N) is 1. The van der Waals surface area contributed by atoms with Gasteiger partial charge in [0, 0.05) is 24.0 Å². The maximum Gasteiger partial charge on any atom is 0.327 e. The van der Waals surface area contributed by atoms with E-state index in [9.17, 15) is 9.59 Å². The Morgan fingerprint density at radius 2 is 1.88 bits per heavy atom. The number of H-pyrrole nitrogens is 1. The number of primary amides is 1. The van der Waals surface area contributed by atoms with Crippen molar-refractivity contribution in [3.63, 3.8) is 0 Å². The Hall–Kier alpha value is -3.03. The highest BCUT2D eigenvalue weighted by Gasteiger charge is 2.24. The molecule has 0 saturated heterocycles. The molecule has 3 aromatic heterocycles. The Kier molecular flexibility index (Phi) is 3.79. The lowest BCUT2D eigenvalue weighted by molar-refractivity contribution is 0.0997. The van der Waals surface area contributed by atoms with Gasteiger partial charge >= 0.3 is 5.69 Å². The van der Waals surface area contributed by atoms with Crippen LogP contribution in [0.1, 0.15) is 48.6 Å². The first-order valence-corrected chi connectivity index (χ1v) is 8.37. The molecule has 3 heterocycles. The lowest BCUT2D eigenvalue weighted by atomic mass is 9.95. The number of aromatic amines is 1. The van der Waals surface area contributed by atoms with E-state index in [0.717, 1.165) is 25.7 Å². The second-order valence-corrected chi connectivity index (χ2v) is 6.29. The third-order valence-electron chi connectivity index (χ3n) is 4.68. The molecule has 1 aliphatic carbocycles. The lowest BCUT2D eigenvalue weighted by Gasteiger charge is -2.22. The molecular formula is C17H18N6O2. The molecule has 8 nitrogen and oxygen atoms in total. The number of nitrogens with two attached hydrogens (primary N) is 1. The highest BCUT2D eigenvalue weighted by molar-refractivity contribution is 6.01. The second kappa shape index (κ2) is 6.12. The van der Waals surface area contributed by atoms with Crippen LogP contribution in [0.3, 0.4) is 0 Å². The number of hydrogen-bond donors (Lipinski definition) is 2. The van der Waals surface area contributed by atoms with Gasteiger partial charge in [-0.2, -0.15) is 0 Å². The first-order chi connectivity index (χ1) is 12.1. The van der Waals surface area contributed by atoms with Crippen LogP contribution in [0.25, 0.3) is 22.6 Å². The number of aromatic nitrogens is 5. The van der Waals surface area contributed by atoms with Gasteiger partial charge in [-0.25, -0.2) is 14.8 Å². The van der Waals surface area contributed by atoms with Gasteiger partial charge in [0.25, 0.3) is 5.91 Å². The Morgan fingerprint density at radius 3 is 2.56 bits per heavy atom. The number of carbonyl (C=O) groups is 1. The van der Waals surface area contributed by atoms with E-state index in [1.165, 1.54) is 6.42 Å². The minimum Gasteiger partial charge on any atom is -0.364 e. The van der Waals surface area contributed by atoms with Crippen molar-refractivity contribution in [2.24, 2.45) is 5.73 Å². The van der Waals surface area contributed by atoms with Gasteiger partial charge in [0.15, 0.2) is 17.2 Å². The third-order valence-corrected chi connectivity index (χ3v) is 4.68. The summed E-state index contributed by atoms with van der Waals surface area (Å²) in [5.41, 5.74) is 6.71. The van der Waals surface area contributed by atoms with E-state index in [-0.39, 0.29) is 17.4 Å². The van der Waals surface area contributed by atoms with Gasteiger partial charge in [-0.15, -0.1) is 0 Å². The van der Waals surface area contributed by atoms with E-state index in [2.05, 4.69) is 19.9 Å². The molecule has 1 aliphatic rings. The van der Waals surface area contributed by atoms with E-state index in [1.54, 1.807) is 29.1 Å². The zero-order chi connectivity index (χ0) is 17.4. The number of nitrogens with zero attached hydrogens (tertiary/aromatic N) is 4. The molecule has 128 valence electrons. The quantitative estimate of drug-likeness (QED) is 0.754. The molecule has 0 aliphatic heterocycles. The van der Waals surface area contributed by atoms with E-state index in [4.69, 9.17) is 5.73 Å². The van der Waals surface area contributed by atoms with E-state index < -0.39 is 5.91 Å². The summed E-state index contributed by atoms with van der Waals surface area (Å²) < 4.78 is 1.66. The fourth-order valence-electron chi connectivity index (χ4n) is 3.49. The van der Waals surface area contributed by atoms with Crippen LogP contribution in [0.15, 0.2) is 29.3 Å². The molecule has 1 fully saturated rings. The van der Waals surface area contributed by atoms with Gasteiger partial charge in [0.05, 0.1) is 0 Å². The summed E-state index contributed by atoms with van der Waals surface area (Å²) in [4.78, 5) is 40.0. The molecule has 1 saturated carbocycles. The monoisotopic (exact) mass is 338 g/mol. The van der Waals surface area contributed by atoms with Crippen molar-refractivity contribution in [2.45, 2.75) is 38.1 Å². The van der Waals surface area contributed by atoms with Crippen LogP contribution in [-0.4, -0.2) is 30.4 Å². The summed E-state index contributed by atoms with van der Waals surface area (Å²) in [5.74, 6) is -0.341. The molecule has 0 radical (unpaired) electrons. The standard InChI is InChI=1S/C17H18N6O2/c18-14(24)12-13-16(22-15(20-12)10-6-8-19-9-7-10)23(17(25)21-13)11-4-2-1-3-5-11/h6-9,11H,1-5H2,(H2,18,24)(H,21,25). The number of pyridine rings is 1. The Bertz CT molecular complexity index is 986. The Morgan fingerprint density at radius 1 is 1.16 bits per heavy atom. The molecule has 25 heavy (non-hydrogen) atoms. The number of amides is 1. The van der Waals surface area contributed by atoms with Crippen molar-refractivity contribution in [1.82, 2.24) is 24.5 Å². The summed E-state index contributed by atoms with van der Waals surface area (Å²) in [6.07, 6.45) is 8.43. The number of hydrogen-bond acceptors (Lipinski definition) is 5. The lowest BCUT2D eigenvalue weighted by Crippen LogP contribution is -2.24. The average molecular weight is 338 g/mol. The van der Waals surface area contributed by atoms with Crippen molar-refractivity contribution < 1.29 is 4.79 Å². The van der Waals surface area contributed by atoms with E-state index in [1.807, 2.05) is 0 Å². The fraction of sp³-hybridized carbons (Fsp3) is 0.353. The van der Waals surface area contributed by atoms with E-state index >= 15 is 0 Å². The molecule has 3 N–H and O–H groups in total. The van der Waals surface area contributed by atoms with Crippen LogP contribution in [-0.2, 0) is 0 Å². The van der Waals surface area contributed by atoms with Crippen LogP contribution in [0.5, 0.6) is 0 Å². The minimum atomic E-state index is -0.695. The smallest absolute Gasteiger partial charge is 0.327 e. The zero-order valence-corrected chi connectivity index (χ0v) is 13.6. The molecule has 4 rings (SSSR count). The second-order valence-electron chi connectivity index (χ2n) is 6.29. The summed E-state index contributed by atoms with van der Waals surface area (Å²) >= 11 is 0. The van der Waals surface area contributed by atoms with Crippen LogP contribution >= 0.6 is 0 Å². The number of rotatable bonds is 3. The van der Waals surface area contributed by atoms with Gasteiger partial charge in [-0.1, -0.05) is 19.3 Å². The first kappa shape index (κ1) is 15.5. The number of carbonyl (C=O) groups excluding carboxylic acids is 1. The van der Waals surface area contributed by atoms with Gasteiger partial charge in [0.1, 0.15) is 5.52 Å². The van der Waals surface area contributed by atoms with Gasteiger partial charge in [0.2, 0.25) is 0 Å². The zero-order valence-electron chi connectivity index (χ0n) is 13.6. The maximum absolute atomic E-state index is 12.5. The average Bonchev–Trinajstić information content (AvgIpc) is 2.98. The molecule has 8 heteroatoms. The van der Waals surface area contributed by atoms with Crippen LogP contribution in [0.4, 0.5) is 0 Å². The van der Waals surface area contributed by atoms with Gasteiger partial charge in [-0.3, -0.25) is 14.3 Å². The molecule has 0 atom stereocenters. The first-order valence-electron chi connectivity index (χ1n) is 8.37. The van der Waals surface area contributed by atoms with Gasteiger partial charge in [-0.05, 0) is 25.0 Å². The minimum absolute atomic E-state index is 0.0310. The molecular weight excluding hydrogens is 320 g/mol. The van der Waals surface area contributed by atoms with E-state index in [0.29, 0.717) is 22.6 Å². The Balaban J connectivity index is 1.98. The third kappa shape index (κ3) is 2.69. The highest BCUT2D eigenvalue weighted by atomic mass is 16.2. The topological polar surface area (TPSA) is 120 Å². The number of imidazole rings is 1. The fourth-order valence-corrected chi connectivity index (χ4v) is 3.49.